The molecule has 110 valence electrons. The highest BCUT2D eigenvalue weighted by atomic mass is 16.3. The number of benzene rings is 1. The molecule has 1 unspecified atom stereocenters. The zero-order valence-electron chi connectivity index (χ0n) is 12.3. The minimum atomic E-state index is -0.120. The third kappa shape index (κ3) is 3.58. The average molecular weight is 276 g/mol. The van der Waals surface area contributed by atoms with Gasteiger partial charge < -0.3 is 15.7 Å². The van der Waals surface area contributed by atoms with Gasteiger partial charge in [-0.2, -0.15) is 0 Å². The van der Waals surface area contributed by atoms with Gasteiger partial charge in [0.15, 0.2) is 0 Å². The van der Waals surface area contributed by atoms with Gasteiger partial charge in [0.05, 0.1) is 5.92 Å². The smallest absolute Gasteiger partial charge is 0.228 e. The summed E-state index contributed by atoms with van der Waals surface area (Å²) in [4.78, 5) is 12.4. The Morgan fingerprint density at radius 3 is 2.95 bits per heavy atom. The molecule has 3 N–H and O–H groups in total. The number of hydrogen-bond donors (Lipinski definition) is 3. The number of fused-ring (bicyclic) bond motifs is 1. The van der Waals surface area contributed by atoms with E-state index >= 15 is 0 Å². The van der Waals surface area contributed by atoms with E-state index in [1.54, 1.807) is 0 Å². The summed E-state index contributed by atoms with van der Waals surface area (Å²) >= 11 is 0. The molecule has 0 saturated carbocycles. The summed E-state index contributed by atoms with van der Waals surface area (Å²) in [5.74, 6) is -0.0551. The van der Waals surface area contributed by atoms with Crippen LogP contribution in [0.25, 0.3) is 0 Å². The lowest BCUT2D eigenvalue weighted by Crippen LogP contribution is -2.42. The third-order valence-electron chi connectivity index (χ3n) is 3.94. The van der Waals surface area contributed by atoms with E-state index in [9.17, 15) is 4.79 Å². The Labute approximate surface area is 120 Å². The number of carbonyl (C=O) groups is 1. The standard InChI is InChI=1S/C16H24N2O2/c1-16(2,7-8-19)11-18-15(20)14-10-17-9-12-5-3-4-6-13(12)14/h3-6,14,17,19H,7-11H2,1-2H3,(H,18,20). The lowest BCUT2D eigenvalue weighted by atomic mass is 9.88. The Morgan fingerprint density at radius 1 is 1.45 bits per heavy atom. The van der Waals surface area contributed by atoms with Crippen molar-refractivity contribution in [3.63, 3.8) is 0 Å². The first kappa shape index (κ1) is 15.0. The molecule has 1 amide bonds. The maximum Gasteiger partial charge on any atom is 0.228 e. The Kier molecular flexibility index (Phi) is 4.78. The van der Waals surface area contributed by atoms with Gasteiger partial charge in [-0.3, -0.25) is 4.79 Å². The first-order valence-electron chi connectivity index (χ1n) is 7.20. The monoisotopic (exact) mass is 276 g/mol. The summed E-state index contributed by atoms with van der Waals surface area (Å²) in [6.45, 7) is 6.36. The second-order valence-electron chi connectivity index (χ2n) is 6.24. The van der Waals surface area contributed by atoms with Gasteiger partial charge in [0, 0.05) is 26.2 Å². The molecule has 2 rings (SSSR count). The van der Waals surface area contributed by atoms with Crippen LogP contribution in [0.4, 0.5) is 0 Å². The molecule has 1 aliphatic heterocycles. The first-order valence-corrected chi connectivity index (χ1v) is 7.20. The highest BCUT2D eigenvalue weighted by Gasteiger charge is 2.27. The van der Waals surface area contributed by atoms with E-state index in [-0.39, 0.29) is 23.8 Å². The van der Waals surface area contributed by atoms with Crippen molar-refractivity contribution in [3.05, 3.63) is 35.4 Å². The number of aliphatic hydroxyl groups is 1. The predicted molar refractivity (Wildman–Crippen MR) is 79.4 cm³/mol. The van der Waals surface area contributed by atoms with Gasteiger partial charge in [-0.05, 0) is 23.0 Å². The topological polar surface area (TPSA) is 61.4 Å². The molecule has 1 heterocycles. The largest absolute Gasteiger partial charge is 0.396 e. The third-order valence-corrected chi connectivity index (χ3v) is 3.94. The van der Waals surface area contributed by atoms with E-state index in [1.807, 2.05) is 18.2 Å². The van der Waals surface area contributed by atoms with Crippen LogP contribution >= 0.6 is 0 Å². The molecule has 1 atom stereocenters. The average Bonchev–Trinajstić information content (AvgIpc) is 2.44. The molecule has 0 spiro atoms. The van der Waals surface area contributed by atoms with Gasteiger partial charge in [0.1, 0.15) is 0 Å². The van der Waals surface area contributed by atoms with Gasteiger partial charge in [-0.15, -0.1) is 0 Å². The molecule has 0 fully saturated rings. The number of nitrogens with one attached hydrogen (secondary N) is 2. The highest BCUT2D eigenvalue weighted by molar-refractivity contribution is 5.84. The van der Waals surface area contributed by atoms with Gasteiger partial charge in [0.25, 0.3) is 0 Å². The van der Waals surface area contributed by atoms with Gasteiger partial charge >= 0.3 is 0 Å². The Hall–Kier alpha value is -1.39. The summed E-state index contributed by atoms with van der Waals surface area (Å²) in [6.07, 6.45) is 0.687. The normalized spacial score (nSPS) is 18.4. The van der Waals surface area contributed by atoms with Gasteiger partial charge in [-0.25, -0.2) is 0 Å². The van der Waals surface area contributed by atoms with Crippen LogP contribution in [0.1, 0.15) is 37.3 Å². The molecule has 1 aromatic carbocycles. The maximum atomic E-state index is 12.4. The van der Waals surface area contributed by atoms with Crippen molar-refractivity contribution < 1.29 is 9.90 Å². The fourth-order valence-corrected chi connectivity index (χ4v) is 2.57. The van der Waals surface area contributed by atoms with E-state index in [0.717, 1.165) is 12.1 Å². The molecule has 0 radical (unpaired) electrons. The van der Waals surface area contributed by atoms with Crippen molar-refractivity contribution in [2.75, 3.05) is 19.7 Å². The van der Waals surface area contributed by atoms with Crippen molar-refractivity contribution in [1.29, 1.82) is 0 Å². The lowest BCUT2D eigenvalue weighted by Gasteiger charge is -2.28. The molecule has 0 saturated heterocycles. The molecule has 0 bridgehead atoms. The van der Waals surface area contributed by atoms with Gasteiger partial charge in [0.2, 0.25) is 5.91 Å². The minimum Gasteiger partial charge on any atom is -0.396 e. The second kappa shape index (κ2) is 6.37. The number of amides is 1. The van der Waals surface area contributed by atoms with Crippen LogP contribution in [0, 0.1) is 5.41 Å². The molecular weight excluding hydrogens is 252 g/mol. The van der Waals surface area contributed by atoms with E-state index in [4.69, 9.17) is 5.11 Å². The van der Waals surface area contributed by atoms with Crippen LogP contribution in [-0.2, 0) is 11.3 Å². The van der Waals surface area contributed by atoms with Crippen LogP contribution in [-0.4, -0.2) is 30.7 Å². The zero-order valence-corrected chi connectivity index (χ0v) is 12.3. The van der Waals surface area contributed by atoms with E-state index in [1.165, 1.54) is 5.56 Å². The summed E-state index contributed by atoms with van der Waals surface area (Å²) in [6, 6.07) is 8.10. The summed E-state index contributed by atoms with van der Waals surface area (Å²) in [5.41, 5.74) is 2.25. The fraction of sp³-hybridized carbons (Fsp3) is 0.562. The van der Waals surface area contributed by atoms with Crippen LogP contribution in [0.15, 0.2) is 24.3 Å². The summed E-state index contributed by atoms with van der Waals surface area (Å²) < 4.78 is 0. The Balaban J connectivity index is 2.01. The van der Waals surface area contributed by atoms with Crippen LogP contribution < -0.4 is 10.6 Å². The van der Waals surface area contributed by atoms with Crippen molar-refractivity contribution in [1.82, 2.24) is 10.6 Å². The molecule has 1 aromatic rings. The molecule has 20 heavy (non-hydrogen) atoms. The molecule has 1 aliphatic rings. The first-order chi connectivity index (χ1) is 9.53. The zero-order chi connectivity index (χ0) is 14.6. The van der Waals surface area contributed by atoms with Gasteiger partial charge in [-0.1, -0.05) is 38.1 Å². The van der Waals surface area contributed by atoms with Crippen molar-refractivity contribution in [2.45, 2.75) is 32.7 Å². The molecule has 4 heteroatoms. The fourth-order valence-electron chi connectivity index (χ4n) is 2.57. The SMILES string of the molecule is CC(C)(CCO)CNC(=O)C1CNCc2ccccc21. The van der Waals surface area contributed by atoms with E-state index in [0.29, 0.717) is 19.5 Å². The number of rotatable bonds is 5. The molecule has 4 nitrogen and oxygen atoms in total. The van der Waals surface area contributed by atoms with Crippen LogP contribution in [0.3, 0.4) is 0 Å². The van der Waals surface area contributed by atoms with Crippen molar-refractivity contribution in [2.24, 2.45) is 5.41 Å². The van der Waals surface area contributed by atoms with Crippen molar-refractivity contribution in [3.8, 4) is 0 Å². The Bertz CT molecular complexity index is 471. The van der Waals surface area contributed by atoms with E-state index < -0.39 is 0 Å². The Morgan fingerprint density at radius 2 is 2.20 bits per heavy atom. The maximum absolute atomic E-state index is 12.4. The molecule has 0 aliphatic carbocycles. The van der Waals surface area contributed by atoms with Crippen LogP contribution in [0.5, 0.6) is 0 Å². The quantitative estimate of drug-likeness (QED) is 0.762. The summed E-state index contributed by atoms with van der Waals surface area (Å²) in [7, 11) is 0. The van der Waals surface area contributed by atoms with Crippen molar-refractivity contribution >= 4 is 5.91 Å². The minimum absolute atomic E-state index is 0.0654. The second-order valence-corrected chi connectivity index (χ2v) is 6.24. The van der Waals surface area contributed by atoms with Crippen LogP contribution in [0.2, 0.25) is 0 Å². The number of aliphatic hydroxyl groups excluding tert-OH is 1. The number of carbonyl (C=O) groups excluding carboxylic acids is 1. The lowest BCUT2D eigenvalue weighted by molar-refractivity contribution is -0.123. The predicted octanol–water partition coefficient (Wildman–Crippen LogP) is 1.40. The highest BCUT2D eigenvalue weighted by Crippen LogP contribution is 2.24. The number of hydrogen-bond acceptors (Lipinski definition) is 3. The molecular formula is C16H24N2O2. The van der Waals surface area contributed by atoms with E-state index in [2.05, 4.69) is 30.5 Å². The molecule has 0 aromatic heterocycles. The summed E-state index contributed by atoms with van der Waals surface area (Å²) in [5, 5.41) is 15.3.